The van der Waals surface area contributed by atoms with Crippen molar-refractivity contribution in [1.29, 1.82) is 0 Å². The predicted octanol–water partition coefficient (Wildman–Crippen LogP) is 7.36. The van der Waals surface area contributed by atoms with Crippen molar-refractivity contribution in [2.45, 2.75) is 180 Å². The minimum atomic E-state index is -2.40. The lowest BCUT2D eigenvalue weighted by molar-refractivity contribution is -0.264. The summed E-state index contributed by atoms with van der Waals surface area (Å²) in [7, 11) is 2.95. The highest BCUT2D eigenvalue weighted by atomic mass is 16.6. The number of methoxy groups -OCH3 is 2. The van der Waals surface area contributed by atoms with E-state index >= 15 is 0 Å². The monoisotopic (exact) mass is 924 g/mol. The van der Waals surface area contributed by atoms with Gasteiger partial charge >= 0.3 is 5.97 Å². The fourth-order valence-electron chi connectivity index (χ4n) is 10.4. The molecule has 370 valence electrons. The van der Waals surface area contributed by atoms with Crippen LogP contribution < -0.4 is 0 Å². The summed E-state index contributed by atoms with van der Waals surface area (Å²) in [5, 5.41) is 33.9. The van der Waals surface area contributed by atoms with E-state index in [-0.39, 0.29) is 60.7 Å². The third-order valence-corrected chi connectivity index (χ3v) is 14.9. The van der Waals surface area contributed by atoms with Crippen LogP contribution in [-0.2, 0) is 42.9 Å². The number of hydrogen-bond acceptors (Lipinski definition) is 12. The molecule has 0 unspecified atom stereocenters. The molecule has 2 bridgehead atoms. The van der Waals surface area contributed by atoms with Crippen LogP contribution >= 0.6 is 0 Å². The van der Waals surface area contributed by atoms with Gasteiger partial charge in [-0.05, 0) is 120 Å². The van der Waals surface area contributed by atoms with Crippen molar-refractivity contribution in [2.24, 2.45) is 41.4 Å². The molecule has 1 aliphatic carbocycles. The summed E-state index contributed by atoms with van der Waals surface area (Å²) in [6.45, 7) is 16.9. The van der Waals surface area contributed by atoms with Crippen molar-refractivity contribution in [2.75, 3.05) is 20.8 Å². The molecule has 0 aromatic heterocycles. The number of nitrogens with zero attached hydrogens (tertiary/aromatic N) is 1. The van der Waals surface area contributed by atoms with Crippen LogP contribution in [0.25, 0.3) is 0 Å². The summed E-state index contributed by atoms with van der Waals surface area (Å²) >= 11 is 0. The van der Waals surface area contributed by atoms with Gasteiger partial charge in [0.2, 0.25) is 5.79 Å². The zero-order valence-corrected chi connectivity index (χ0v) is 41.2. The molecule has 1 saturated carbocycles. The minimum absolute atomic E-state index is 0.0217. The number of esters is 1. The molecule has 0 aromatic carbocycles. The molecule has 3 N–H and O–H groups in total. The molecule has 0 aromatic rings. The van der Waals surface area contributed by atoms with Crippen LogP contribution in [0.2, 0.25) is 0 Å². The average Bonchev–Trinajstić information content (AvgIpc) is 3.29. The van der Waals surface area contributed by atoms with Gasteiger partial charge in [0, 0.05) is 44.9 Å². The SMILES string of the molecule is C=CC[C@H]1C[C@@H]2CC[C@@H](C)[C@@](O)(O2)C(=O)C(=O)N2CCCC[C@H]2C(=O)O[C@H]([C@H](C)C[C@@H]2CC[C@@H](O)[C@H](OC)C2)CC(=O)[C@H](C)/C=C(\C)[C@@H](O)[C@@H](OC)C(=O)[C@H](C)C[C@H](C)/C=C/C=C/C=C/1C. The smallest absolute Gasteiger partial charge is 0.329 e. The number of ketones is 3. The maximum atomic E-state index is 14.4. The van der Waals surface area contributed by atoms with Crippen molar-refractivity contribution in [3.05, 3.63) is 60.3 Å². The fourth-order valence-corrected chi connectivity index (χ4v) is 10.4. The number of fused-ring (bicyclic) bond motifs is 3. The highest BCUT2D eigenvalue weighted by molar-refractivity contribution is 6.39. The molecule has 1 amide bonds. The van der Waals surface area contributed by atoms with Crippen LogP contribution in [-0.4, -0.2) is 119 Å². The van der Waals surface area contributed by atoms with Gasteiger partial charge in [-0.15, -0.1) is 6.58 Å². The second-order valence-electron chi connectivity index (χ2n) is 20.1. The predicted molar refractivity (Wildman–Crippen MR) is 253 cm³/mol. The summed E-state index contributed by atoms with van der Waals surface area (Å²) in [6.07, 6.45) is 14.7. The molecule has 3 heterocycles. The van der Waals surface area contributed by atoms with E-state index in [1.807, 2.05) is 64.2 Å². The van der Waals surface area contributed by atoms with Crippen LogP contribution in [0.15, 0.2) is 60.3 Å². The third kappa shape index (κ3) is 14.5. The van der Waals surface area contributed by atoms with Gasteiger partial charge in [0.1, 0.15) is 30.1 Å². The third-order valence-electron chi connectivity index (χ3n) is 14.9. The van der Waals surface area contributed by atoms with Gasteiger partial charge < -0.3 is 39.2 Å². The van der Waals surface area contributed by atoms with Crippen LogP contribution in [0.3, 0.4) is 0 Å². The van der Waals surface area contributed by atoms with Gasteiger partial charge in [0.05, 0.1) is 18.3 Å². The average molecular weight is 924 g/mol. The van der Waals surface area contributed by atoms with Gasteiger partial charge in [-0.3, -0.25) is 19.2 Å². The van der Waals surface area contributed by atoms with E-state index in [1.54, 1.807) is 34.0 Å². The van der Waals surface area contributed by atoms with Gasteiger partial charge in [0.25, 0.3) is 11.7 Å². The number of cyclic esters (lactones) is 1. The molecular weight excluding hydrogens is 843 g/mol. The van der Waals surface area contributed by atoms with Gasteiger partial charge in [-0.2, -0.15) is 0 Å². The number of allylic oxidation sites excluding steroid dienone is 8. The van der Waals surface area contributed by atoms with Crippen LogP contribution in [0, 0.1) is 41.4 Å². The van der Waals surface area contributed by atoms with E-state index in [0.717, 1.165) is 12.0 Å². The summed E-state index contributed by atoms with van der Waals surface area (Å²) < 4.78 is 23.7. The second-order valence-corrected chi connectivity index (χ2v) is 20.1. The molecule has 3 fully saturated rings. The zero-order chi connectivity index (χ0) is 48.9. The number of amides is 1. The molecule has 4 aliphatic rings. The number of carbonyl (C=O) groups excluding carboxylic acids is 5. The molecule has 4 rings (SSSR count). The minimum Gasteiger partial charge on any atom is -0.460 e. The summed E-state index contributed by atoms with van der Waals surface area (Å²) in [5.41, 5.74) is 1.44. The standard InChI is InChI=1S/C53H81NO12/c1-11-17-40-30-41-23-21-38(8)53(62,66-41)50(59)51(60)54-25-16-15-20-42(54)52(61)65-45(35(5)28-39-22-24-43(55)46(29-39)63-9)31-44(56)34(4)27-37(7)48(58)49(64-10)47(57)36(6)26-32(2)18-13-12-14-19-33(40)3/h11-14,18-19,27,32,34-36,38-43,45-46,48-49,55,58,62H,1,15-17,20-26,28-31H2,2-10H3/b14-12+,18-13+,33-19+,37-27+/t32-,34-,35-,36-,38-,39+,40+,41+,42+,43-,45+,46-,48-,49+,53-/m1/s1. The molecule has 3 aliphatic heterocycles. The zero-order valence-electron chi connectivity index (χ0n) is 41.2. The Labute approximate surface area is 394 Å². The quantitative estimate of drug-likeness (QED) is 0.131. The van der Waals surface area contributed by atoms with Crippen LogP contribution in [0.1, 0.15) is 132 Å². The van der Waals surface area contributed by atoms with Crippen molar-refractivity contribution >= 4 is 29.2 Å². The molecule has 2 saturated heterocycles. The Balaban J connectivity index is 1.71. The molecular formula is C53H81NO12. The summed E-state index contributed by atoms with van der Waals surface area (Å²) in [4.78, 5) is 72.0. The lowest BCUT2D eigenvalue weighted by Crippen LogP contribution is -2.60. The van der Waals surface area contributed by atoms with Gasteiger partial charge in [-0.25, -0.2) is 4.79 Å². The van der Waals surface area contributed by atoms with Gasteiger partial charge in [-0.1, -0.05) is 82.7 Å². The molecule has 66 heavy (non-hydrogen) atoms. The van der Waals surface area contributed by atoms with E-state index in [2.05, 4.69) is 6.58 Å². The number of rotatable bonds is 7. The number of piperidine rings is 1. The molecule has 13 heteroatoms. The van der Waals surface area contributed by atoms with Crippen molar-refractivity contribution < 1.29 is 58.2 Å². The number of hydrogen-bond donors (Lipinski definition) is 3. The van der Waals surface area contributed by atoms with Crippen molar-refractivity contribution in [3.8, 4) is 0 Å². The van der Waals surface area contributed by atoms with E-state index in [0.29, 0.717) is 69.8 Å². The summed E-state index contributed by atoms with van der Waals surface area (Å²) in [5.74, 6) is -7.84. The van der Waals surface area contributed by atoms with Crippen molar-refractivity contribution in [1.82, 2.24) is 4.90 Å². The number of carbonyl (C=O) groups is 5. The first kappa shape index (κ1) is 55.0. The molecule has 0 radical (unpaired) electrons. The lowest BCUT2D eigenvalue weighted by atomic mass is 9.78. The van der Waals surface area contributed by atoms with Crippen LogP contribution in [0.5, 0.6) is 0 Å². The molecule has 0 spiro atoms. The number of ether oxygens (including phenoxy) is 4. The number of aliphatic hydroxyl groups is 3. The Morgan fingerprint density at radius 1 is 0.909 bits per heavy atom. The van der Waals surface area contributed by atoms with Crippen molar-refractivity contribution in [3.63, 3.8) is 0 Å². The van der Waals surface area contributed by atoms with Crippen LogP contribution in [0.4, 0.5) is 0 Å². The first-order chi connectivity index (χ1) is 31.2. The van der Waals surface area contributed by atoms with E-state index < -0.39 is 77.8 Å². The Hall–Kier alpha value is -3.59. The first-order valence-electron chi connectivity index (χ1n) is 24.5. The maximum absolute atomic E-state index is 14.4. The van der Waals surface area contributed by atoms with Gasteiger partial charge in [0.15, 0.2) is 5.78 Å². The van der Waals surface area contributed by atoms with E-state index in [9.17, 15) is 39.3 Å². The Morgan fingerprint density at radius 2 is 1.64 bits per heavy atom. The number of aliphatic hydroxyl groups excluding tert-OH is 2. The fraction of sp³-hybridized carbons (Fsp3) is 0.717. The Bertz CT molecular complexity index is 1800. The van der Waals surface area contributed by atoms with E-state index in [4.69, 9.17) is 18.9 Å². The lowest BCUT2D eigenvalue weighted by Gasteiger charge is -2.43. The topological polar surface area (TPSA) is 186 Å². The normalized spacial score (nSPS) is 39.9. The summed E-state index contributed by atoms with van der Waals surface area (Å²) in [6, 6.07) is -1.13. The number of Topliss-reactive ketones (excluding diaryl/α,β-unsaturated/α-hetero) is 3. The van der Waals surface area contributed by atoms with E-state index in [1.165, 1.54) is 12.0 Å². The largest absolute Gasteiger partial charge is 0.460 e. The Morgan fingerprint density at radius 3 is 2.32 bits per heavy atom. The first-order valence-corrected chi connectivity index (χ1v) is 24.5. The highest BCUT2D eigenvalue weighted by Gasteiger charge is 2.53. The maximum Gasteiger partial charge on any atom is 0.329 e. The molecule has 15 atom stereocenters. The Kier molecular flexibility index (Phi) is 21.4. The molecule has 13 nitrogen and oxygen atoms in total. The highest BCUT2D eigenvalue weighted by Crippen LogP contribution is 2.39. The second kappa shape index (κ2) is 25.7.